The number of hydrogen-bond acceptors (Lipinski definition) is 7. The molecule has 1 fully saturated rings. The van der Waals surface area contributed by atoms with Gasteiger partial charge in [0.25, 0.3) is 0 Å². The topological polar surface area (TPSA) is 112 Å². The van der Waals surface area contributed by atoms with Crippen LogP contribution in [-0.4, -0.2) is 58.7 Å². The minimum Gasteiger partial charge on any atom is -0.444 e. The Kier molecular flexibility index (Phi) is 6.53. The number of anilines is 1. The zero-order chi connectivity index (χ0) is 21.1. The first-order valence-corrected chi connectivity index (χ1v) is 9.46. The molecule has 2 unspecified atom stereocenters. The van der Waals surface area contributed by atoms with Crippen LogP contribution in [0.5, 0.6) is 0 Å². The summed E-state index contributed by atoms with van der Waals surface area (Å²) in [6.45, 7) is 8.93. The summed E-state index contributed by atoms with van der Waals surface area (Å²) < 4.78 is 12.7. The van der Waals surface area contributed by atoms with Crippen LogP contribution in [0.4, 0.5) is 16.3 Å². The van der Waals surface area contributed by atoms with Gasteiger partial charge in [0.2, 0.25) is 5.82 Å². The first kappa shape index (κ1) is 21.9. The SMILES string of the molecule is CCC1CN(c2c([N+](=O)[O-])cnn2C)CCC1(CNC(=O)OC(C)(C)C)OC. The van der Waals surface area contributed by atoms with Gasteiger partial charge in [-0.25, -0.2) is 9.48 Å². The summed E-state index contributed by atoms with van der Waals surface area (Å²) in [5, 5.41) is 18.2. The first-order chi connectivity index (χ1) is 13.0. The molecule has 10 heteroatoms. The van der Waals surface area contributed by atoms with Crippen LogP contribution in [0.2, 0.25) is 0 Å². The third-order valence-electron chi connectivity index (χ3n) is 5.20. The average molecular weight is 397 g/mol. The van der Waals surface area contributed by atoms with Crippen molar-refractivity contribution in [1.82, 2.24) is 15.1 Å². The lowest BCUT2D eigenvalue weighted by molar-refractivity contribution is -0.384. The van der Waals surface area contributed by atoms with Crippen molar-refractivity contribution < 1.29 is 19.2 Å². The highest BCUT2D eigenvalue weighted by atomic mass is 16.6. The van der Waals surface area contributed by atoms with E-state index in [-0.39, 0.29) is 11.6 Å². The van der Waals surface area contributed by atoms with Gasteiger partial charge in [0.05, 0.1) is 17.1 Å². The Hall–Kier alpha value is -2.36. The van der Waals surface area contributed by atoms with E-state index in [0.717, 1.165) is 6.42 Å². The van der Waals surface area contributed by atoms with Crippen molar-refractivity contribution in [3.63, 3.8) is 0 Å². The molecule has 0 bridgehead atoms. The molecular weight excluding hydrogens is 366 g/mol. The van der Waals surface area contributed by atoms with E-state index in [1.54, 1.807) is 14.2 Å². The molecule has 1 saturated heterocycles. The second kappa shape index (κ2) is 8.34. The molecule has 1 aromatic heterocycles. The molecule has 28 heavy (non-hydrogen) atoms. The van der Waals surface area contributed by atoms with Crippen LogP contribution in [0, 0.1) is 16.0 Å². The van der Waals surface area contributed by atoms with Crippen LogP contribution in [-0.2, 0) is 16.5 Å². The highest BCUT2D eigenvalue weighted by Crippen LogP contribution is 2.37. The molecule has 10 nitrogen and oxygen atoms in total. The van der Waals surface area contributed by atoms with Crippen LogP contribution < -0.4 is 10.2 Å². The Labute approximate surface area is 165 Å². The summed E-state index contributed by atoms with van der Waals surface area (Å²) in [6.07, 6.45) is 2.20. The number of amides is 1. The molecule has 0 radical (unpaired) electrons. The van der Waals surface area contributed by atoms with E-state index < -0.39 is 22.2 Å². The van der Waals surface area contributed by atoms with Crippen molar-refractivity contribution in [1.29, 1.82) is 0 Å². The molecule has 1 aliphatic rings. The summed E-state index contributed by atoms with van der Waals surface area (Å²) in [6, 6.07) is 0. The first-order valence-electron chi connectivity index (χ1n) is 9.46. The van der Waals surface area contributed by atoms with E-state index in [1.165, 1.54) is 10.9 Å². The monoisotopic (exact) mass is 397 g/mol. The molecule has 0 spiro atoms. The third kappa shape index (κ3) is 4.73. The quantitative estimate of drug-likeness (QED) is 0.580. The maximum Gasteiger partial charge on any atom is 0.407 e. The number of aromatic nitrogens is 2. The standard InChI is InChI=1S/C18H31N5O5/c1-7-13-11-22(15-14(23(25)26)10-20-21(15)5)9-8-18(13,27-6)12-19-16(24)28-17(2,3)4/h10,13H,7-9,11-12H2,1-6H3,(H,19,24). The number of carbonyl (C=O) groups is 1. The Morgan fingerprint density at radius 1 is 1.50 bits per heavy atom. The summed E-state index contributed by atoms with van der Waals surface area (Å²) in [5.41, 5.74) is -1.14. The molecule has 1 N–H and O–H groups in total. The van der Waals surface area contributed by atoms with Gasteiger partial charge in [-0.2, -0.15) is 5.10 Å². The van der Waals surface area contributed by atoms with Crippen molar-refractivity contribution in [2.24, 2.45) is 13.0 Å². The molecule has 0 aliphatic carbocycles. The molecule has 0 aromatic carbocycles. The Morgan fingerprint density at radius 2 is 2.18 bits per heavy atom. The second-order valence-electron chi connectivity index (χ2n) is 8.16. The molecule has 0 saturated carbocycles. The number of rotatable bonds is 6. The fourth-order valence-corrected chi connectivity index (χ4v) is 3.77. The predicted molar refractivity (Wildman–Crippen MR) is 104 cm³/mol. The maximum atomic E-state index is 12.1. The van der Waals surface area contributed by atoms with Crippen molar-refractivity contribution in [3.05, 3.63) is 16.3 Å². The summed E-state index contributed by atoms with van der Waals surface area (Å²) in [5.74, 6) is 0.559. The highest BCUT2D eigenvalue weighted by molar-refractivity contribution is 5.67. The van der Waals surface area contributed by atoms with Crippen molar-refractivity contribution in [2.75, 3.05) is 31.6 Å². The van der Waals surface area contributed by atoms with E-state index in [1.807, 2.05) is 32.6 Å². The van der Waals surface area contributed by atoms with Gasteiger partial charge in [-0.3, -0.25) is 10.1 Å². The molecule has 158 valence electrons. The molecule has 1 aromatic rings. The van der Waals surface area contributed by atoms with Gasteiger partial charge in [0.1, 0.15) is 11.8 Å². The van der Waals surface area contributed by atoms with Gasteiger partial charge in [0, 0.05) is 33.2 Å². The molecule has 2 atom stereocenters. The van der Waals surface area contributed by atoms with Crippen molar-refractivity contribution in [3.8, 4) is 0 Å². The number of nitrogens with zero attached hydrogens (tertiary/aromatic N) is 4. The fourth-order valence-electron chi connectivity index (χ4n) is 3.77. The maximum absolute atomic E-state index is 12.1. The van der Waals surface area contributed by atoms with Crippen LogP contribution in [0.15, 0.2) is 6.20 Å². The normalized spacial score (nSPS) is 22.8. The summed E-state index contributed by atoms with van der Waals surface area (Å²) in [4.78, 5) is 25.0. The molecule has 1 aliphatic heterocycles. The largest absolute Gasteiger partial charge is 0.444 e. The van der Waals surface area contributed by atoms with Crippen LogP contribution >= 0.6 is 0 Å². The minimum absolute atomic E-state index is 0.00542. The van der Waals surface area contributed by atoms with Crippen LogP contribution in [0.25, 0.3) is 0 Å². The van der Waals surface area contributed by atoms with E-state index in [4.69, 9.17) is 9.47 Å². The molecular formula is C18H31N5O5. The van der Waals surface area contributed by atoms with E-state index in [9.17, 15) is 14.9 Å². The second-order valence-corrected chi connectivity index (χ2v) is 8.16. The number of piperidine rings is 1. The minimum atomic E-state index is -0.573. The number of nitro groups is 1. The lowest BCUT2D eigenvalue weighted by atomic mass is 9.79. The lowest BCUT2D eigenvalue weighted by Crippen LogP contribution is -2.58. The Balaban J connectivity index is 2.15. The number of methoxy groups -OCH3 is 1. The molecule has 2 heterocycles. The van der Waals surface area contributed by atoms with Gasteiger partial charge in [-0.15, -0.1) is 0 Å². The van der Waals surface area contributed by atoms with Crippen molar-refractivity contribution in [2.45, 2.75) is 51.7 Å². The van der Waals surface area contributed by atoms with Crippen LogP contribution in [0.1, 0.15) is 40.5 Å². The predicted octanol–water partition coefficient (Wildman–Crippen LogP) is 2.47. The Bertz CT molecular complexity index is 714. The Morgan fingerprint density at radius 3 is 2.71 bits per heavy atom. The number of hydrogen-bond donors (Lipinski definition) is 1. The van der Waals surface area contributed by atoms with Gasteiger partial charge in [-0.1, -0.05) is 6.92 Å². The lowest BCUT2D eigenvalue weighted by Gasteiger charge is -2.47. The summed E-state index contributed by atoms with van der Waals surface area (Å²) in [7, 11) is 3.34. The van der Waals surface area contributed by atoms with Gasteiger partial charge >= 0.3 is 11.8 Å². The average Bonchev–Trinajstić information content (AvgIpc) is 3.00. The number of alkyl carbamates (subject to hydrolysis) is 1. The van der Waals surface area contributed by atoms with Crippen molar-refractivity contribution >= 4 is 17.6 Å². The van der Waals surface area contributed by atoms with Gasteiger partial charge < -0.3 is 19.7 Å². The van der Waals surface area contributed by atoms with E-state index >= 15 is 0 Å². The smallest absolute Gasteiger partial charge is 0.407 e. The zero-order valence-corrected chi connectivity index (χ0v) is 17.5. The number of ether oxygens (including phenoxy) is 2. The van der Waals surface area contributed by atoms with Gasteiger partial charge in [0.15, 0.2) is 0 Å². The molecule has 2 rings (SSSR count). The van der Waals surface area contributed by atoms with E-state index in [0.29, 0.717) is 31.9 Å². The fraction of sp³-hybridized carbons (Fsp3) is 0.778. The number of carbonyl (C=O) groups excluding carboxylic acids is 1. The van der Waals surface area contributed by atoms with E-state index in [2.05, 4.69) is 10.4 Å². The number of nitrogens with one attached hydrogen (secondary N) is 1. The highest BCUT2D eigenvalue weighted by Gasteiger charge is 2.44. The summed E-state index contributed by atoms with van der Waals surface area (Å²) >= 11 is 0. The third-order valence-corrected chi connectivity index (χ3v) is 5.20. The van der Waals surface area contributed by atoms with Crippen LogP contribution in [0.3, 0.4) is 0 Å². The number of aryl methyl sites for hydroxylation is 1. The molecule has 1 amide bonds. The zero-order valence-electron chi connectivity index (χ0n) is 17.5. The van der Waals surface area contributed by atoms with Gasteiger partial charge in [-0.05, 0) is 33.6 Å².